The third-order valence-electron chi connectivity index (χ3n) is 2.28. The van der Waals surface area contributed by atoms with Crippen LogP contribution >= 0.6 is 0 Å². The molecule has 0 saturated carbocycles. The number of rotatable bonds is 6. The summed E-state index contributed by atoms with van der Waals surface area (Å²) < 4.78 is 25.5. The Balaban J connectivity index is 3.07. The van der Waals surface area contributed by atoms with Crippen LogP contribution in [0.5, 0.6) is 5.75 Å². The Kier molecular flexibility index (Phi) is 4.92. The Morgan fingerprint density at radius 3 is 2.53 bits per heavy atom. The van der Waals surface area contributed by atoms with Gasteiger partial charge in [0, 0.05) is 13.1 Å². The van der Waals surface area contributed by atoms with E-state index in [4.69, 9.17) is 5.11 Å². The zero-order valence-corrected chi connectivity index (χ0v) is 10.5. The summed E-state index contributed by atoms with van der Waals surface area (Å²) >= 11 is 0. The van der Waals surface area contributed by atoms with Crippen LogP contribution < -0.4 is 0 Å². The normalized spacial score (nSPS) is 11.9. The number of aliphatic hydroxyl groups is 1. The van der Waals surface area contributed by atoms with E-state index in [-0.39, 0.29) is 23.8 Å². The highest BCUT2D eigenvalue weighted by atomic mass is 32.2. The predicted octanol–water partition coefficient (Wildman–Crippen LogP) is 0.785. The topological polar surface area (TPSA) is 77.8 Å². The minimum absolute atomic E-state index is 0.0411. The molecule has 0 aliphatic heterocycles. The molecular formula is C11H17NO4S. The van der Waals surface area contributed by atoms with Crippen molar-refractivity contribution in [3.05, 3.63) is 24.3 Å². The molecule has 0 saturated heterocycles. The molecule has 0 bridgehead atoms. The fraction of sp³-hybridized carbons (Fsp3) is 0.455. The maximum absolute atomic E-state index is 12.2. The second-order valence-electron chi connectivity index (χ2n) is 3.63. The average molecular weight is 259 g/mol. The van der Waals surface area contributed by atoms with Crippen LogP contribution in [0.3, 0.4) is 0 Å². The summed E-state index contributed by atoms with van der Waals surface area (Å²) in [6.07, 6.45) is 0.665. The maximum Gasteiger partial charge on any atom is 0.243 e. The van der Waals surface area contributed by atoms with E-state index >= 15 is 0 Å². The average Bonchev–Trinajstić information content (AvgIpc) is 2.29. The van der Waals surface area contributed by atoms with Gasteiger partial charge >= 0.3 is 0 Å². The van der Waals surface area contributed by atoms with Crippen LogP contribution in [0.4, 0.5) is 0 Å². The summed E-state index contributed by atoms with van der Waals surface area (Å²) in [6, 6.07) is 5.52. The fourth-order valence-corrected chi connectivity index (χ4v) is 3.07. The smallest absolute Gasteiger partial charge is 0.243 e. The minimum Gasteiger partial charge on any atom is -0.508 e. The first-order chi connectivity index (χ1) is 8.02. The molecule has 0 atom stereocenters. The lowest BCUT2D eigenvalue weighted by molar-refractivity contribution is 0.253. The van der Waals surface area contributed by atoms with Crippen molar-refractivity contribution in [2.45, 2.75) is 18.2 Å². The molecular weight excluding hydrogens is 242 g/mol. The number of hydrogen-bond acceptors (Lipinski definition) is 4. The van der Waals surface area contributed by atoms with Crippen molar-refractivity contribution in [3.8, 4) is 5.75 Å². The second kappa shape index (κ2) is 6.00. The van der Waals surface area contributed by atoms with Crippen molar-refractivity contribution in [2.75, 3.05) is 19.7 Å². The Morgan fingerprint density at radius 2 is 2.00 bits per heavy atom. The molecule has 0 unspecified atom stereocenters. The van der Waals surface area contributed by atoms with E-state index in [1.807, 2.05) is 6.92 Å². The summed E-state index contributed by atoms with van der Waals surface area (Å²) in [7, 11) is -3.63. The van der Waals surface area contributed by atoms with Gasteiger partial charge in [0.25, 0.3) is 0 Å². The lowest BCUT2D eigenvalue weighted by Gasteiger charge is -2.20. The Bertz CT molecular complexity index is 452. The quantitative estimate of drug-likeness (QED) is 0.791. The van der Waals surface area contributed by atoms with E-state index in [2.05, 4.69) is 0 Å². The number of phenols is 1. The van der Waals surface area contributed by atoms with E-state index in [0.29, 0.717) is 13.0 Å². The van der Waals surface area contributed by atoms with E-state index < -0.39 is 10.0 Å². The standard InChI is InChI=1S/C11H17NO4S/c1-2-6-12(7-8-13)17(15,16)11-5-3-4-10(14)9-11/h3-5,9,13-14H,2,6-8H2,1H3. The van der Waals surface area contributed by atoms with Crippen molar-refractivity contribution < 1.29 is 18.6 Å². The monoisotopic (exact) mass is 259 g/mol. The molecule has 1 rings (SSSR count). The molecule has 0 aliphatic carbocycles. The van der Waals surface area contributed by atoms with Gasteiger partial charge in [-0.05, 0) is 24.6 Å². The van der Waals surface area contributed by atoms with E-state index in [1.54, 1.807) is 0 Å². The number of aliphatic hydroxyl groups excluding tert-OH is 1. The van der Waals surface area contributed by atoms with Crippen molar-refractivity contribution in [3.63, 3.8) is 0 Å². The molecule has 0 heterocycles. The number of hydrogen-bond donors (Lipinski definition) is 2. The lowest BCUT2D eigenvalue weighted by Crippen LogP contribution is -2.34. The first kappa shape index (κ1) is 14.0. The summed E-state index contributed by atoms with van der Waals surface area (Å²) in [4.78, 5) is 0.0411. The van der Waals surface area contributed by atoms with Gasteiger partial charge in [0.05, 0.1) is 11.5 Å². The second-order valence-corrected chi connectivity index (χ2v) is 5.56. The third-order valence-corrected chi connectivity index (χ3v) is 4.17. The largest absolute Gasteiger partial charge is 0.508 e. The fourth-order valence-electron chi connectivity index (χ4n) is 1.51. The molecule has 6 heteroatoms. The molecule has 0 fully saturated rings. The van der Waals surface area contributed by atoms with Gasteiger partial charge in [0.15, 0.2) is 0 Å². The van der Waals surface area contributed by atoms with Gasteiger partial charge in [-0.2, -0.15) is 4.31 Å². The van der Waals surface area contributed by atoms with Crippen molar-refractivity contribution in [1.29, 1.82) is 0 Å². The first-order valence-electron chi connectivity index (χ1n) is 5.42. The Hall–Kier alpha value is -1.11. The van der Waals surface area contributed by atoms with Gasteiger partial charge in [0.1, 0.15) is 5.75 Å². The molecule has 0 radical (unpaired) electrons. The van der Waals surface area contributed by atoms with Crippen LogP contribution in [-0.2, 0) is 10.0 Å². The highest BCUT2D eigenvalue weighted by Crippen LogP contribution is 2.19. The van der Waals surface area contributed by atoms with E-state index in [0.717, 1.165) is 0 Å². The molecule has 1 aromatic rings. The van der Waals surface area contributed by atoms with Crippen molar-refractivity contribution in [1.82, 2.24) is 4.31 Å². The van der Waals surface area contributed by atoms with E-state index in [9.17, 15) is 13.5 Å². The number of phenolic OH excluding ortho intramolecular Hbond substituents is 1. The Labute approximate surface area is 101 Å². The number of benzene rings is 1. The van der Waals surface area contributed by atoms with Crippen LogP contribution in [-0.4, -0.2) is 42.6 Å². The van der Waals surface area contributed by atoms with Crippen LogP contribution in [0.2, 0.25) is 0 Å². The maximum atomic E-state index is 12.2. The molecule has 0 amide bonds. The van der Waals surface area contributed by atoms with Crippen molar-refractivity contribution >= 4 is 10.0 Å². The van der Waals surface area contributed by atoms with Crippen LogP contribution in [0.25, 0.3) is 0 Å². The molecule has 0 aromatic heterocycles. The lowest BCUT2D eigenvalue weighted by atomic mass is 10.3. The molecule has 0 aliphatic rings. The summed E-state index contributed by atoms with van der Waals surface area (Å²) in [5.74, 6) is -0.0912. The highest BCUT2D eigenvalue weighted by Gasteiger charge is 2.23. The SMILES string of the molecule is CCCN(CCO)S(=O)(=O)c1cccc(O)c1. The molecule has 5 nitrogen and oxygen atoms in total. The number of nitrogens with zero attached hydrogens (tertiary/aromatic N) is 1. The molecule has 96 valence electrons. The van der Waals surface area contributed by atoms with Gasteiger partial charge < -0.3 is 10.2 Å². The summed E-state index contributed by atoms with van der Waals surface area (Å²) in [5.41, 5.74) is 0. The van der Waals surface area contributed by atoms with Crippen LogP contribution in [0, 0.1) is 0 Å². The first-order valence-corrected chi connectivity index (χ1v) is 6.86. The van der Waals surface area contributed by atoms with Gasteiger partial charge in [-0.25, -0.2) is 8.42 Å². The molecule has 17 heavy (non-hydrogen) atoms. The zero-order chi connectivity index (χ0) is 12.9. The van der Waals surface area contributed by atoms with Gasteiger partial charge in [-0.15, -0.1) is 0 Å². The molecule has 1 aromatic carbocycles. The van der Waals surface area contributed by atoms with Gasteiger partial charge in [-0.3, -0.25) is 0 Å². The van der Waals surface area contributed by atoms with Crippen molar-refractivity contribution in [2.24, 2.45) is 0 Å². The summed E-state index contributed by atoms with van der Waals surface area (Å²) in [6.45, 7) is 2.05. The zero-order valence-electron chi connectivity index (χ0n) is 9.70. The summed E-state index contributed by atoms with van der Waals surface area (Å²) in [5, 5.41) is 18.2. The molecule has 2 N–H and O–H groups in total. The van der Waals surface area contributed by atoms with Crippen LogP contribution in [0.15, 0.2) is 29.2 Å². The molecule has 0 spiro atoms. The van der Waals surface area contributed by atoms with Gasteiger partial charge in [0.2, 0.25) is 10.0 Å². The highest BCUT2D eigenvalue weighted by molar-refractivity contribution is 7.89. The van der Waals surface area contributed by atoms with E-state index in [1.165, 1.54) is 28.6 Å². The Morgan fingerprint density at radius 1 is 1.29 bits per heavy atom. The number of aromatic hydroxyl groups is 1. The number of sulfonamides is 1. The third kappa shape index (κ3) is 3.42. The van der Waals surface area contributed by atoms with Gasteiger partial charge in [-0.1, -0.05) is 13.0 Å². The predicted molar refractivity (Wildman–Crippen MR) is 64.2 cm³/mol. The van der Waals surface area contributed by atoms with Crippen LogP contribution in [0.1, 0.15) is 13.3 Å². The minimum atomic E-state index is -3.63.